The first kappa shape index (κ1) is 18.5. The van der Waals surface area contributed by atoms with Gasteiger partial charge in [-0.3, -0.25) is 0 Å². The van der Waals surface area contributed by atoms with Crippen LogP contribution >= 0.6 is 0 Å². The first-order valence-corrected chi connectivity index (χ1v) is 8.03. The van der Waals surface area contributed by atoms with E-state index in [1.54, 1.807) is 12.1 Å². The van der Waals surface area contributed by atoms with E-state index in [2.05, 4.69) is 6.92 Å². The molecule has 3 nitrogen and oxygen atoms in total. The highest BCUT2D eigenvalue weighted by Crippen LogP contribution is 2.39. The fourth-order valence-electron chi connectivity index (χ4n) is 2.29. The summed E-state index contributed by atoms with van der Waals surface area (Å²) < 4.78 is 5.32. The molecule has 0 aliphatic heterocycles. The van der Waals surface area contributed by atoms with Crippen molar-refractivity contribution in [1.82, 2.24) is 0 Å². The first-order chi connectivity index (χ1) is 9.98. The van der Waals surface area contributed by atoms with Crippen molar-refractivity contribution in [3.63, 3.8) is 0 Å². The molecule has 0 fully saturated rings. The highest BCUT2D eigenvalue weighted by molar-refractivity contribution is 5.90. The molecule has 0 heterocycles. The Hall–Kier alpha value is -1.51. The van der Waals surface area contributed by atoms with Gasteiger partial charge in [-0.15, -0.1) is 0 Å². The van der Waals surface area contributed by atoms with Crippen molar-refractivity contribution in [1.29, 1.82) is 0 Å². The SMILES string of the molecule is CCCCOC(=O)c1cc(C(C)(C)C)c(O)c(C(C)(C)C)c1. The molecule has 1 aromatic rings. The summed E-state index contributed by atoms with van der Waals surface area (Å²) >= 11 is 0. The van der Waals surface area contributed by atoms with Crippen LogP contribution in [-0.2, 0) is 15.6 Å². The number of carbonyl (C=O) groups excluding carboxylic acids is 1. The van der Waals surface area contributed by atoms with Gasteiger partial charge in [-0.05, 0) is 29.4 Å². The third-order valence-electron chi connectivity index (χ3n) is 3.69. The Balaban J connectivity index is 3.32. The van der Waals surface area contributed by atoms with Gasteiger partial charge >= 0.3 is 5.97 Å². The highest BCUT2D eigenvalue weighted by atomic mass is 16.5. The molecular weight excluding hydrogens is 276 g/mol. The van der Waals surface area contributed by atoms with E-state index >= 15 is 0 Å². The zero-order valence-electron chi connectivity index (χ0n) is 15.0. The van der Waals surface area contributed by atoms with Crippen LogP contribution in [0.2, 0.25) is 0 Å². The molecule has 0 bridgehead atoms. The van der Waals surface area contributed by atoms with Crippen molar-refractivity contribution >= 4 is 5.97 Å². The second-order valence-corrected chi connectivity index (χ2v) is 7.91. The minimum Gasteiger partial charge on any atom is -0.507 e. The lowest BCUT2D eigenvalue weighted by atomic mass is 9.78. The first-order valence-electron chi connectivity index (χ1n) is 8.03. The minimum atomic E-state index is -0.315. The van der Waals surface area contributed by atoms with Gasteiger partial charge in [0.2, 0.25) is 0 Å². The van der Waals surface area contributed by atoms with Crippen LogP contribution < -0.4 is 0 Å². The molecule has 1 rings (SSSR count). The predicted octanol–water partition coefficient (Wildman–Crippen LogP) is 4.94. The van der Waals surface area contributed by atoms with Crippen LogP contribution in [0.1, 0.15) is 82.8 Å². The minimum absolute atomic E-state index is 0.246. The smallest absolute Gasteiger partial charge is 0.338 e. The number of hydrogen-bond acceptors (Lipinski definition) is 3. The van der Waals surface area contributed by atoms with Crippen LogP contribution in [0.15, 0.2) is 12.1 Å². The van der Waals surface area contributed by atoms with E-state index in [1.807, 2.05) is 41.5 Å². The monoisotopic (exact) mass is 306 g/mol. The maximum atomic E-state index is 12.3. The Morgan fingerprint density at radius 1 is 1.05 bits per heavy atom. The fraction of sp³-hybridized carbons (Fsp3) is 0.632. The summed E-state index contributed by atoms with van der Waals surface area (Å²) in [5.74, 6) is -0.0328. The van der Waals surface area contributed by atoms with Gasteiger partial charge in [-0.2, -0.15) is 0 Å². The molecule has 124 valence electrons. The molecule has 0 aliphatic rings. The number of esters is 1. The van der Waals surface area contributed by atoms with E-state index < -0.39 is 0 Å². The maximum absolute atomic E-state index is 12.3. The number of unbranched alkanes of at least 4 members (excludes halogenated alkanes) is 1. The molecule has 1 aromatic carbocycles. The van der Waals surface area contributed by atoms with E-state index in [0.717, 1.165) is 24.0 Å². The lowest BCUT2D eigenvalue weighted by Crippen LogP contribution is -2.19. The summed E-state index contributed by atoms with van der Waals surface area (Å²) in [6.07, 6.45) is 1.85. The average molecular weight is 306 g/mol. The number of ether oxygens (including phenoxy) is 1. The third kappa shape index (κ3) is 4.49. The Morgan fingerprint density at radius 3 is 1.86 bits per heavy atom. The van der Waals surface area contributed by atoms with E-state index in [-0.39, 0.29) is 22.5 Å². The quantitative estimate of drug-likeness (QED) is 0.633. The summed E-state index contributed by atoms with van der Waals surface area (Å²) in [6, 6.07) is 3.53. The molecule has 0 saturated carbocycles. The molecule has 0 atom stereocenters. The standard InChI is InChI=1S/C19H30O3/c1-8-9-10-22-17(21)13-11-14(18(2,3)4)16(20)15(12-13)19(5,6)7/h11-12,20H,8-10H2,1-7H3. The zero-order chi connectivity index (χ0) is 17.1. The van der Waals surface area contributed by atoms with E-state index in [4.69, 9.17) is 4.74 Å². The van der Waals surface area contributed by atoms with Crippen LogP contribution in [-0.4, -0.2) is 17.7 Å². The second-order valence-electron chi connectivity index (χ2n) is 7.91. The van der Waals surface area contributed by atoms with Gasteiger partial charge in [-0.25, -0.2) is 4.79 Å². The molecule has 0 radical (unpaired) electrons. The normalized spacial score (nSPS) is 12.3. The second kappa shape index (κ2) is 6.72. The molecule has 22 heavy (non-hydrogen) atoms. The summed E-state index contributed by atoms with van der Waals surface area (Å²) in [5, 5.41) is 10.6. The molecule has 1 N–H and O–H groups in total. The molecular formula is C19H30O3. The van der Waals surface area contributed by atoms with Crippen LogP contribution in [0, 0.1) is 0 Å². The number of carbonyl (C=O) groups is 1. The number of hydrogen-bond donors (Lipinski definition) is 1. The van der Waals surface area contributed by atoms with Gasteiger partial charge < -0.3 is 9.84 Å². The van der Waals surface area contributed by atoms with Gasteiger partial charge in [0.05, 0.1) is 12.2 Å². The number of benzene rings is 1. The van der Waals surface area contributed by atoms with Crippen LogP contribution in [0.3, 0.4) is 0 Å². The average Bonchev–Trinajstić information content (AvgIpc) is 2.36. The van der Waals surface area contributed by atoms with Gasteiger partial charge in [0.1, 0.15) is 5.75 Å². The number of rotatable bonds is 4. The molecule has 0 spiro atoms. The Bertz CT molecular complexity index is 496. The third-order valence-corrected chi connectivity index (χ3v) is 3.69. The summed E-state index contributed by atoms with van der Waals surface area (Å²) in [4.78, 5) is 12.3. The van der Waals surface area contributed by atoms with Gasteiger partial charge in [-0.1, -0.05) is 54.9 Å². The molecule has 0 aromatic heterocycles. The maximum Gasteiger partial charge on any atom is 0.338 e. The summed E-state index contributed by atoms with van der Waals surface area (Å²) in [7, 11) is 0. The van der Waals surface area contributed by atoms with Crippen molar-refractivity contribution in [3.05, 3.63) is 28.8 Å². The zero-order valence-corrected chi connectivity index (χ0v) is 15.0. The van der Waals surface area contributed by atoms with Crippen molar-refractivity contribution in [2.45, 2.75) is 72.1 Å². The Labute approximate surface area is 134 Å². The lowest BCUT2D eigenvalue weighted by molar-refractivity contribution is 0.0499. The fourth-order valence-corrected chi connectivity index (χ4v) is 2.29. The predicted molar refractivity (Wildman–Crippen MR) is 90.7 cm³/mol. The van der Waals surface area contributed by atoms with Gasteiger partial charge in [0, 0.05) is 11.1 Å². The number of aromatic hydroxyl groups is 1. The summed E-state index contributed by atoms with van der Waals surface area (Å²) in [6.45, 7) is 14.7. The summed E-state index contributed by atoms with van der Waals surface area (Å²) in [5.41, 5.74) is 1.58. The van der Waals surface area contributed by atoms with Crippen LogP contribution in [0.5, 0.6) is 5.75 Å². The van der Waals surface area contributed by atoms with E-state index in [0.29, 0.717) is 12.2 Å². The Kier molecular flexibility index (Phi) is 5.66. The molecule has 0 unspecified atom stereocenters. The lowest BCUT2D eigenvalue weighted by Gasteiger charge is -2.27. The van der Waals surface area contributed by atoms with Crippen molar-refractivity contribution in [3.8, 4) is 5.75 Å². The van der Waals surface area contributed by atoms with Crippen LogP contribution in [0.25, 0.3) is 0 Å². The van der Waals surface area contributed by atoms with Crippen molar-refractivity contribution in [2.24, 2.45) is 0 Å². The molecule has 3 heteroatoms. The number of phenolic OH excluding ortho intramolecular Hbond substituents is 1. The van der Waals surface area contributed by atoms with Crippen LogP contribution in [0.4, 0.5) is 0 Å². The molecule has 0 saturated heterocycles. The van der Waals surface area contributed by atoms with Gasteiger partial charge in [0.15, 0.2) is 0 Å². The Morgan fingerprint density at radius 2 is 1.50 bits per heavy atom. The topological polar surface area (TPSA) is 46.5 Å². The van der Waals surface area contributed by atoms with Crippen molar-refractivity contribution < 1.29 is 14.6 Å². The number of phenols is 1. The van der Waals surface area contributed by atoms with Crippen molar-refractivity contribution in [2.75, 3.05) is 6.61 Å². The van der Waals surface area contributed by atoms with E-state index in [1.165, 1.54) is 0 Å². The molecule has 0 amide bonds. The van der Waals surface area contributed by atoms with E-state index in [9.17, 15) is 9.90 Å². The highest BCUT2D eigenvalue weighted by Gasteiger charge is 2.28. The largest absolute Gasteiger partial charge is 0.507 e. The molecule has 0 aliphatic carbocycles. The van der Waals surface area contributed by atoms with Gasteiger partial charge in [0.25, 0.3) is 0 Å².